The molecule has 0 aromatic heterocycles. The Labute approximate surface area is 125 Å². The van der Waals surface area contributed by atoms with Crippen LogP contribution in [0.25, 0.3) is 0 Å². The Morgan fingerprint density at radius 2 is 2.24 bits per heavy atom. The third-order valence-corrected chi connectivity index (χ3v) is 4.12. The maximum atomic E-state index is 12.2. The molecule has 1 aromatic rings. The second-order valence-corrected chi connectivity index (χ2v) is 5.92. The molecule has 3 rings (SSSR count). The van der Waals surface area contributed by atoms with E-state index >= 15 is 0 Å². The van der Waals surface area contributed by atoms with Gasteiger partial charge in [0, 0.05) is 26.1 Å². The van der Waals surface area contributed by atoms with Gasteiger partial charge in [0.1, 0.15) is 11.7 Å². The number of ether oxygens (including phenoxy) is 2. The monoisotopic (exact) mass is 290 g/mol. The van der Waals surface area contributed by atoms with E-state index < -0.39 is 6.10 Å². The number of rotatable bonds is 3. The summed E-state index contributed by atoms with van der Waals surface area (Å²) in [4.78, 5) is 12.2. The average molecular weight is 290 g/mol. The van der Waals surface area contributed by atoms with Crippen molar-refractivity contribution >= 4 is 5.91 Å². The summed E-state index contributed by atoms with van der Waals surface area (Å²) in [5, 5.41) is 6.25. The zero-order chi connectivity index (χ0) is 14.7. The summed E-state index contributed by atoms with van der Waals surface area (Å²) in [6.45, 7) is 5.38. The predicted molar refractivity (Wildman–Crippen MR) is 78.9 cm³/mol. The van der Waals surface area contributed by atoms with Gasteiger partial charge in [0.25, 0.3) is 0 Å². The molecule has 2 aliphatic heterocycles. The number of nitrogens with one attached hydrogen (secondary N) is 2. The molecule has 0 aliphatic carbocycles. The van der Waals surface area contributed by atoms with E-state index in [1.54, 1.807) is 0 Å². The molecule has 2 N–H and O–H groups in total. The number of carbonyl (C=O) groups excluding carboxylic acids is 1. The van der Waals surface area contributed by atoms with E-state index in [4.69, 9.17) is 9.47 Å². The van der Waals surface area contributed by atoms with Gasteiger partial charge >= 0.3 is 0 Å². The highest BCUT2D eigenvalue weighted by Gasteiger charge is 2.44. The first-order valence-corrected chi connectivity index (χ1v) is 7.46. The van der Waals surface area contributed by atoms with Gasteiger partial charge in [-0.05, 0) is 12.5 Å². The fourth-order valence-electron chi connectivity index (χ4n) is 2.82. The lowest BCUT2D eigenvalue weighted by molar-refractivity contribution is -0.130. The molecule has 114 valence electrons. The van der Waals surface area contributed by atoms with E-state index in [1.165, 1.54) is 5.56 Å². The Bertz CT molecular complexity index is 495. The SMILES string of the molecule is Cc1ccc(CNC(=O)C2CC3(CNCCO3)CO2)cc1. The Balaban J connectivity index is 1.51. The van der Waals surface area contributed by atoms with E-state index in [1.807, 2.05) is 31.2 Å². The molecule has 2 saturated heterocycles. The molecule has 2 unspecified atom stereocenters. The highest BCUT2D eigenvalue weighted by atomic mass is 16.6. The summed E-state index contributed by atoms with van der Waals surface area (Å²) >= 11 is 0. The van der Waals surface area contributed by atoms with Crippen molar-refractivity contribution < 1.29 is 14.3 Å². The van der Waals surface area contributed by atoms with Crippen molar-refractivity contribution in [2.45, 2.75) is 31.6 Å². The molecule has 5 nitrogen and oxygen atoms in total. The van der Waals surface area contributed by atoms with Crippen molar-refractivity contribution in [2.75, 3.05) is 26.3 Å². The molecule has 5 heteroatoms. The van der Waals surface area contributed by atoms with Gasteiger partial charge in [-0.2, -0.15) is 0 Å². The molecule has 2 fully saturated rings. The minimum Gasteiger partial charge on any atom is -0.370 e. The number of hydrogen-bond donors (Lipinski definition) is 2. The lowest BCUT2D eigenvalue weighted by atomic mass is 9.98. The molecule has 1 aromatic carbocycles. The normalized spacial score (nSPS) is 28.7. The van der Waals surface area contributed by atoms with Gasteiger partial charge in [-0.15, -0.1) is 0 Å². The molecule has 1 spiro atoms. The van der Waals surface area contributed by atoms with E-state index in [2.05, 4.69) is 10.6 Å². The number of aryl methyl sites for hydroxylation is 1. The smallest absolute Gasteiger partial charge is 0.249 e. The van der Waals surface area contributed by atoms with Crippen LogP contribution >= 0.6 is 0 Å². The lowest BCUT2D eigenvalue weighted by Gasteiger charge is -2.32. The van der Waals surface area contributed by atoms with Crippen LogP contribution in [-0.2, 0) is 20.8 Å². The molecule has 0 bridgehead atoms. The Hall–Kier alpha value is -1.43. The van der Waals surface area contributed by atoms with E-state index in [0.29, 0.717) is 26.2 Å². The van der Waals surface area contributed by atoms with Gasteiger partial charge in [0.2, 0.25) is 5.91 Å². The topological polar surface area (TPSA) is 59.6 Å². The van der Waals surface area contributed by atoms with Gasteiger partial charge in [-0.25, -0.2) is 0 Å². The number of hydrogen-bond acceptors (Lipinski definition) is 4. The van der Waals surface area contributed by atoms with Crippen LogP contribution in [0, 0.1) is 6.92 Å². The van der Waals surface area contributed by atoms with E-state index in [0.717, 1.165) is 18.7 Å². The van der Waals surface area contributed by atoms with Gasteiger partial charge < -0.3 is 20.1 Å². The molecule has 21 heavy (non-hydrogen) atoms. The molecule has 0 saturated carbocycles. The Morgan fingerprint density at radius 1 is 1.43 bits per heavy atom. The Kier molecular flexibility index (Phi) is 4.24. The molecular weight excluding hydrogens is 268 g/mol. The lowest BCUT2D eigenvalue weighted by Crippen LogP contribution is -2.50. The van der Waals surface area contributed by atoms with Gasteiger partial charge in [0.15, 0.2) is 0 Å². The average Bonchev–Trinajstić information content (AvgIpc) is 2.91. The number of amides is 1. The van der Waals surface area contributed by atoms with Crippen LogP contribution in [0.15, 0.2) is 24.3 Å². The maximum Gasteiger partial charge on any atom is 0.249 e. The molecule has 0 radical (unpaired) electrons. The fraction of sp³-hybridized carbons (Fsp3) is 0.562. The number of carbonyl (C=O) groups is 1. The van der Waals surface area contributed by atoms with Crippen molar-refractivity contribution in [3.05, 3.63) is 35.4 Å². The summed E-state index contributed by atoms with van der Waals surface area (Å²) in [7, 11) is 0. The molecule has 1 amide bonds. The quantitative estimate of drug-likeness (QED) is 0.863. The standard InChI is InChI=1S/C16H22N2O3/c1-12-2-4-13(5-3-12)9-18-15(19)14-8-16(11-20-14)10-17-6-7-21-16/h2-5,14,17H,6-11H2,1H3,(H,18,19). The van der Waals surface area contributed by atoms with Gasteiger partial charge in [-0.1, -0.05) is 29.8 Å². The fourth-order valence-corrected chi connectivity index (χ4v) is 2.82. The zero-order valence-electron chi connectivity index (χ0n) is 12.4. The first kappa shape index (κ1) is 14.5. The summed E-state index contributed by atoms with van der Waals surface area (Å²) in [5.41, 5.74) is 2.00. The second kappa shape index (κ2) is 6.13. The maximum absolute atomic E-state index is 12.2. The summed E-state index contributed by atoms with van der Waals surface area (Å²) in [6, 6.07) is 8.15. The van der Waals surface area contributed by atoms with Crippen molar-refractivity contribution in [3.8, 4) is 0 Å². The van der Waals surface area contributed by atoms with E-state index in [-0.39, 0.29) is 11.5 Å². The van der Waals surface area contributed by atoms with Gasteiger partial charge in [0.05, 0.1) is 13.2 Å². The predicted octanol–water partition coefficient (Wildman–Crippen LogP) is 0.759. The molecular formula is C16H22N2O3. The molecule has 2 aliphatic rings. The highest BCUT2D eigenvalue weighted by Crippen LogP contribution is 2.29. The van der Waals surface area contributed by atoms with Gasteiger partial charge in [-0.3, -0.25) is 4.79 Å². The van der Waals surface area contributed by atoms with Crippen LogP contribution in [0.5, 0.6) is 0 Å². The summed E-state index contributed by atoms with van der Waals surface area (Å²) in [6.07, 6.45) is 0.218. The molecule has 2 atom stereocenters. The largest absolute Gasteiger partial charge is 0.370 e. The van der Waals surface area contributed by atoms with Crippen LogP contribution in [0.2, 0.25) is 0 Å². The van der Waals surface area contributed by atoms with Crippen LogP contribution in [-0.4, -0.2) is 43.9 Å². The minimum atomic E-state index is -0.407. The van der Waals surface area contributed by atoms with Crippen molar-refractivity contribution in [2.24, 2.45) is 0 Å². The molecule has 2 heterocycles. The van der Waals surface area contributed by atoms with Crippen LogP contribution < -0.4 is 10.6 Å². The second-order valence-electron chi connectivity index (χ2n) is 5.92. The van der Waals surface area contributed by atoms with Crippen molar-refractivity contribution in [1.29, 1.82) is 0 Å². The van der Waals surface area contributed by atoms with E-state index in [9.17, 15) is 4.79 Å². The third-order valence-electron chi connectivity index (χ3n) is 4.12. The first-order valence-electron chi connectivity index (χ1n) is 7.46. The van der Waals surface area contributed by atoms with Crippen LogP contribution in [0.4, 0.5) is 0 Å². The van der Waals surface area contributed by atoms with Crippen LogP contribution in [0.3, 0.4) is 0 Å². The van der Waals surface area contributed by atoms with Crippen LogP contribution in [0.1, 0.15) is 17.5 Å². The highest BCUT2D eigenvalue weighted by molar-refractivity contribution is 5.81. The van der Waals surface area contributed by atoms with Crippen molar-refractivity contribution in [3.63, 3.8) is 0 Å². The summed E-state index contributed by atoms with van der Waals surface area (Å²) in [5.74, 6) is -0.0541. The summed E-state index contributed by atoms with van der Waals surface area (Å²) < 4.78 is 11.5. The first-order chi connectivity index (χ1) is 10.2. The Morgan fingerprint density at radius 3 is 2.95 bits per heavy atom. The zero-order valence-corrected chi connectivity index (χ0v) is 12.4. The number of morpholine rings is 1. The van der Waals surface area contributed by atoms with Crippen molar-refractivity contribution in [1.82, 2.24) is 10.6 Å². The minimum absolute atomic E-state index is 0.0541. The third kappa shape index (κ3) is 3.43. The number of benzene rings is 1.